The topological polar surface area (TPSA) is 0 Å². The Labute approximate surface area is 130 Å². The molecule has 0 aliphatic rings. The number of hydrogen-bond donors (Lipinski definition) is 0. The Morgan fingerprint density at radius 3 is 2.20 bits per heavy atom. The van der Waals surface area contributed by atoms with Gasteiger partial charge in [-0.1, -0.05) is 83.1 Å². The van der Waals surface area contributed by atoms with Gasteiger partial charge in [-0.25, -0.2) is 0 Å². The molecule has 0 bridgehead atoms. The Kier molecular flexibility index (Phi) is 14.5. The molecule has 0 aliphatic carbocycles. The lowest BCUT2D eigenvalue weighted by Gasteiger charge is -2.05. The molecule has 0 aromatic rings. The van der Waals surface area contributed by atoms with E-state index in [1.165, 1.54) is 70.6 Å². The largest absolute Gasteiger partial charge is 0.0885 e. The molecule has 0 saturated heterocycles. The van der Waals surface area contributed by atoms with Crippen LogP contribution in [0.2, 0.25) is 0 Å². The van der Waals surface area contributed by atoms with Crippen LogP contribution in [0.3, 0.4) is 0 Å². The predicted octanol–water partition coefficient (Wildman–Crippen LogP) is 7.60. The van der Waals surface area contributed by atoms with Gasteiger partial charge in [0.15, 0.2) is 0 Å². The molecule has 0 saturated carbocycles. The average Bonchev–Trinajstić information content (AvgIpc) is 2.49. The van der Waals surface area contributed by atoms with Crippen molar-refractivity contribution in [1.82, 2.24) is 0 Å². The van der Waals surface area contributed by atoms with E-state index in [0.717, 1.165) is 18.9 Å². The van der Waals surface area contributed by atoms with Gasteiger partial charge < -0.3 is 0 Å². The number of allylic oxidation sites excluding steroid dienone is 4. The van der Waals surface area contributed by atoms with Gasteiger partial charge >= 0.3 is 0 Å². The molecular weight excluding hydrogens is 240 g/mol. The Hall–Kier alpha value is -0.520. The van der Waals surface area contributed by atoms with Crippen LogP contribution in [0.15, 0.2) is 23.8 Å². The van der Waals surface area contributed by atoms with Gasteiger partial charge in [0.05, 0.1) is 1.37 Å². The Balaban J connectivity index is 4.00. The van der Waals surface area contributed by atoms with Gasteiger partial charge in [-0.2, -0.15) is 0 Å². The molecule has 0 heterocycles. The molecule has 0 fully saturated rings. The summed E-state index contributed by atoms with van der Waals surface area (Å²) in [4.78, 5) is 0. The van der Waals surface area contributed by atoms with Crippen LogP contribution in [0.4, 0.5) is 0 Å². The molecule has 0 aliphatic heterocycles. The van der Waals surface area contributed by atoms with Crippen LogP contribution in [0.1, 0.15) is 106 Å². The maximum Gasteiger partial charge on any atom is 0.0572 e. The SMILES string of the molecule is [2H]/C(=C/CC/C(=C/CCCC)CCCC)CCCCCC. The first kappa shape index (κ1) is 17.5. The molecule has 0 rings (SSSR count). The summed E-state index contributed by atoms with van der Waals surface area (Å²) < 4.78 is 8.00. The van der Waals surface area contributed by atoms with E-state index in [-0.39, 0.29) is 0 Å². The van der Waals surface area contributed by atoms with E-state index in [2.05, 4.69) is 32.9 Å². The molecule has 0 spiro atoms. The Bertz CT molecular complexity index is 276. The first-order chi connectivity index (χ1) is 10.2. The van der Waals surface area contributed by atoms with Crippen LogP contribution < -0.4 is 0 Å². The molecule has 0 aromatic heterocycles. The predicted molar refractivity (Wildman–Crippen MR) is 94.3 cm³/mol. The van der Waals surface area contributed by atoms with E-state index in [0.29, 0.717) is 0 Å². The van der Waals surface area contributed by atoms with Gasteiger partial charge in [0.25, 0.3) is 0 Å². The first-order valence-electron chi connectivity index (χ1n) is 9.58. The Morgan fingerprint density at radius 2 is 1.50 bits per heavy atom. The summed E-state index contributed by atoms with van der Waals surface area (Å²) in [5.74, 6) is 0. The zero-order chi connectivity index (χ0) is 15.8. The van der Waals surface area contributed by atoms with Crippen molar-refractivity contribution in [2.24, 2.45) is 0 Å². The highest BCUT2D eigenvalue weighted by molar-refractivity contribution is 5.03. The van der Waals surface area contributed by atoms with Crippen molar-refractivity contribution in [3.05, 3.63) is 23.8 Å². The van der Waals surface area contributed by atoms with Crippen LogP contribution in [-0.2, 0) is 0 Å². The lowest BCUT2D eigenvalue weighted by molar-refractivity contribution is 0.673. The van der Waals surface area contributed by atoms with Gasteiger partial charge in [0.1, 0.15) is 0 Å². The summed E-state index contributed by atoms with van der Waals surface area (Å²) >= 11 is 0. The van der Waals surface area contributed by atoms with Crippen LogP contribution in [0, 0.1) is 0 Å². The summed E-state index contributed by atoms with van der Waals surface area (Å²) in [5.41, 5.74) is 1.63. The minimum absolute atomic E-state index is 0.856. The third-order valence-corrected chi connectivity index (χ3v) is 3.77. The van der Waals surface area contributed by atoms with Gasteiger partial charge in [-0.05, 0) is 44.9 Å². The highest BCUT2D eigenvalue weighted by Crippen LogP contribution is 2.16. The molecule has 0 radical (unpaired) electrons. The van der Waals surface area contributed by atoms with E-state index >= 15 is 0 Å². The summed E-state index contributed by atoms with van der Waals surface area (Å²) in [7, 11) is 0. The number of unbranched alkanes of at least 4 members (excludes halogenated alkanes) is 6. The maximum absolute atomic E-state index is 8.00. The monoisotopic (exact) mass is 279 g/mol. The highest BCUT2D eigenvalue weighted by atomic mass is 14.0. The summed E-state index contributed by atoms with van der Waals surface area (Å²) in [6, 6.07) is 0.856. The van der Waals surface area contributed by atoms with Crippen molar-refractivity contribution in [2.75, 3.05) is 0 Å². The molecule has 0 heteroatoms. The standard InChI is InChI=1S/C20H38/c1-4-7-10-11-12-13-14-16-19-20(17-9-6-3)18-15-8-5-2/h13-14,18H,4-12,15-17,19H2,1-3H3/b14-13-,20-18+/i13D. The maximum atomic E-state index is 8.00. The molecule has 0 nitrogen and oxygen atoms in total. The molecule has 20 heavy (non-hydrogen) atoms. The van der Waals surface area contributed by atoms with E-state index in [1.807, 2.05) is 0 Å². The van der Waals surface area contributed by atoms with Crippen LogP contribution >= 0.6 is 0 Å². The van der Waals surface area contributed by atoms with Crippen molar-refractivity contribution in [2.45, 2.75) is 104 Å². The molecule has 118 valence electrons. The van der Waals surface area contributed by atoms with E-state index in [4.69, 9.17) is 1.37 Å². The second-order valence-electron chi connectivity index (χ2n) is 5.87. The third kappa shape index (κ3) is 13.9. The highest BCUT2D eigenvalue weighted by Gasteiger charge is 1.96. The fraction of sp³-hybridized carbons (Fsp3) is 0.800. The van der Waals surface area contributed by atoms with E-state index < -0.39 is 0 Å². The summed E-state index contributed by atoms with van der Waals surface area (Å²) in [6.07, 6.45) is 20.6. The van der Waals surface area contributed by atoms with Crippen LogP contribution in [0.5, 0.6) is 0 Å². The Morgan fingerprint density at radius 1 is 0.750 bits per heavy atom. The van der Waals surface area contributed by atoms with Crippen LogP contribution in [0.25, 0.3) is 0 Å². The van der Waals surface area contributed by atoms with Crippen molar-refractivity contribution in [1.29, 1.82) is 0 Å². The van der Waals surface area contributed by atoms with Crippen LogP contribution in [-0.4, -0.2) is 0 Å². The fourth-order valence-electron chi connectivity index (χ4n) is 2.36. The fourth-order valence-corrected chi connectivity index (χ4v) is 2.36. The molecular formula is C20H38. The quantitative estimate of drug-likeness (QED) is 0.227. The zero-order valence-electron chi connectivity index (χ0n) is 15.3. The molecule has 0 aromatic carbocycles. The van der Waals surface area contributed by atoms with Gasteiger partial charge in [-0.3, -0.25) is 0 Å². The minimum Gasteiger partial charge on any atom is -0.0885 e. The summed E-state index contributed by atoms with van der Waals surface area (Å²) in [6.45, 7) is 6.76. The smallest absolute Gasteiger partial charge is 0.0572 e. The first-order valence-corrected chi connectivity index (χ1v) is 9.08. The second kappa shape index (κ2) is 16.5. The molecule has 0 amide bonds. The van der Waals surface area contributed by atoms with Crippen molar-refractivity contribution in [3.8, 4) is 0 Å². The van der Waals surface area contributed by atoms with Gasteiger partial charge in [0, 0.05) is 0 Å². The van der Waals surface area contributed by atoms with Gasteiger partial charge in [0.2, 0.25) is 0 Å². The van der Waals surface area contributed by atoms with Gasteiger partial charge in [-0.15, -0.1) is 0 Å². The normalized spacial score (nSPS) is 13.7. The van der Waals surface area contributed by atoms with Crippen molar-refractivity contribution >= 4 is 0 Å². The minimum atomic E-state index is 0.856. The average molecular weight is 280 g/mol. The summed E-state index contributed by atoms with van der Waals surface area (Å²) in [5, 5.41) is 0. The molecule has 0 unspecified atom stereocenters. The van der Waals surface area contributed by atoms with Crippen molar-refractivity contribution in [3.63, 3.8) is 0 Å². The second-order valence-corrected chi connectivity index (χ2v) is 5.87. The van der Waals surface area contributed by atoms with E-state index in [1.54, 1.807) is 5.57 Å². The zero-order valence-corrected chi connectivity index (χ0v) is 14.3. The number of hydrogen-bond acceptors (Lipinski definition) is 0. The number of rotatable bonds is 14. The van der Waals surface area contributed by atoms with Crippen molar-refractivity contribution < 1.29 is 1.37 Å². The molecule has 0 N–H and O–H groups in total. The lowest BCUT2D eigenvalue weighted by atomic mass is 10.0. The lowest BCUT2D eigenvalue weighted by Crippen LogP contribution is -1.85. The van der Waals surface area contributed by atoms with E-state index in [9.17, 15) is 0 Å². The molecule has 0 atom stereocenters. The third-order valence-electron chi connectivity index (χ3n) is 3.77.